The van der Waals surface area contributed by atoms with Gasteiger partial charge in [0.2, 0.25) is 0 Å². The van der Waals surface area contributed by atoms with Crippen LogP contribution in [0.25, 0.3) is 0 Å². The van der Waals surface area contributed by atoms with Crippen LogP contribution in [0.1, 0.15) is 33.1 Å². The van der Waals surface area contributed by atoms with Crippen LogP contribution in [0.15, 0.2) is 0 Å². The molecule has 1 heterocycles. The highest BCUT2D eigenvalue weighted by molar-refractivity contribution is 4.79. The molecule has 1 N–H and O–H groups in total. The van der Waals surface area contributed by atoms with E-state index < -0.39 is 0 Å². The molecule has 0 bridgehead atoms. The summed E-state index contributed by atoms with van der Waals surface area (Å²) in [5.41, 5.74) is 0.434. The topological polar surface area (TPSA) is 30.5 Å². The van der Waals surface area contributed by atoms with E-state index in [1.54, 1.807) is 0 Å². The molecule has 0 spiro atoms. The van der Waals surface area contributed by atoms with Crippen molar-refractivity contribution in [2.75, 3.05) is 39.5 Å². The lowest BCUT2D eigenvalue weighted by atomic mass is 9.82. The smallest absolute Gasteiger partial charge is 0.0590 e. The van der Waals surface area contributed by atoms with Crippen LogP contribution < -0.4 is 5.32 Å². The van der Waals surface area contributed by atoms with Crippen molar-refractivity contribution in [1.82, 2.24) is 5.32 Å². The largest absolute Gasteiger partial charge is 0.381 e. The van der Waals surface area contributed by atoms with E-state index in [-0.39, 0.29) is 0 Å². The first-order valence-corrected chi connectivity index (χ1v) is 6.13. The van der Waals surface area contributed by atoms with Crippen LogP contribution in [0, 0.1) is 5.41 Å². The zero-order valence-corrected chi connectivity index (χ0v) is 10.2. The van der Waals surface area contributed by atoms with E-state index in [4.69, 9.17) is 9.47 Å². The second kappa shape index (κ2) is 7.20. The van der Waals surface area contributed by atoms with Crippen molar-refractivity contribution in [1.29, 1.82) is 0 Å². The first-order valence-electron chi connectivity index (χ1n) is 6.13. The minimum Gasteiger partial charge on any atom is -0.381 e. The van der Waals surface area contributed by atoms with Crippen molar-refractivity contribution >= 4 is 0 Å². The molecule has 0 aliphatic carbocycles. The monoisotopic (exact) mass is 215 g/mol. The van der Waals surface area contributed by atoms with Crippen LogP contribution in [0.3, 0.4) is 0 Å². The first kappa shape index (κ1) is 12.9. The maximum Gasteiger partial charge on any atom is 0.0590 e. The summed E-state index contributed by atoms with van der Waals surface area (Å²) in [4.78, 5) is 0. The first-order chi connectivity index (χ1) is 7.27. The molecule has 0 unspecified atom stereocenters. The lowest BCUT2D eigenvalue weighted by molar-refractivity contribution is 0.0231. The molecule has 0 radical (unpaired) electrons. The van der Waals surface area contributed by atoms with E-state index in [0.29, 0.717) is 5.41 Å². The molecule has 1 aliphatic heterocycles. The highest BCUT2D eigenvalue weighted by Gasteiger charge is 2.26. The van der Waals surface area contributed by atoms with Crippen LogP contribution in [0.4, 0.5) is 0 Å². The highest BCUT2D eigenvalue weighted by atomic mass is 16.5. The molecule has 3 nitrogen and oxygen atoms in total. The summed E-state index contributed by atoms with van der Waals surface area (Å²) in [7, 11) is 0. The second-order valence-corrected chi connectivity index (χ2v) is 4.71. The van der Waals surface area contributed by atoms with Crippen LogP contribution >= 0.6 is 0 Å². The van der Waals surface area contributed by atoms with Gasteiger partial charge in [-0.25, -0.2) is 0 Å². The number of hydrogen-bond donors (Lipinski definition) is 1. The van der Waals surface area contributed by atoms with Crippen molar-refractivity contribution in [3.8, 4) is 0 Å². The average molecular weight is 215 g/mol. The van der Waals surface area contributed by atoms with Gasteiger partial charge in [0.15, 0.2) is 0 Å². The summed E-state index contributed by atoms with van der Waals surface area (Å²) in [5.74, 6) is 0. The Balaban J connectivity index is 1.98. The van der Waals surface area contributed by atoms with Gasteiger partial charge >= 0.3 is 0 Å². The lowest BCUT2D eigenvalue weighted by Gasteiger charge is -2.33. The SMILES string of the molecule is CCCOCCNCC1(C)CCOCC1. The minimum atomic E-state index is 0.434. The van der Waals surface area contributed by atoms with Crippen LogP contribution in [0.2, 0.25) is 0 Å². The standard InChI is InChI=1S/C12H25NO2/c1-3-7-14-10-6-13-11-12(2)4-8-15-9-5-12/h13H,3-11H2,1-2H3. The quantitative estimate of drug-likeness (QED) is 0.657. The van der Waals surface area contributed by atoms with Crippen molar-refractivity contribution in [3.05, 3.63) is 0 Å². The molecule has 1 fully saturated rings. The molecular formula is C12H25NO2. The summed E-state index contributed by atoms with van der Waals surface area (Å²) in [6, 6.07) is 0. The molecule has 3 heteroatoms. The molecule has 1 saturated heterocycles. The Morgan fingerprint density at radius 2 is 2.00 bits per heavy atom. The Hall–Kier alpha value is -0.120. The summed E-state index contributed by atoms with van der Waals surface area (Å²) >= 11 is 0. The molecule has 1 rings (SSSR count). The van der Waals surface area contributed by atoms with E-state index in [1.807, 2.05) is 0 Å². The summed E-state index contributed by atoms with van der Waals surface area (Å²) in [6.45, 7) is 10.1. The van der Waals surface area contributed by atoms with E-state index in [2.05, 4.69) is 19.2 Å². The van der Waals surface area contributed by atoms with E-state index in [0.717, 1.165) is 45.9 Å². The van der Waals surface area contributed by atoms with Crippen molar-refractivity contribution < 1.29 is 9.47 Å². The molecule has 0 aromatic heterocycles. The third-order valence-corrected chi connectivity index (χ3v) is 3.02. The van der Waals surface area contributed by atoms with Crippen LogP contribution in [-0.2, 0) is 9.47 Å². The van der Waals surface area contributed by atoms with Crippen LogP contribution in [-0.4, -0.2) is 39.5 Å². The van der Waals surface area contributed by atoms with E-state index in [1.165, 1.54) is 12.8 Å². The highest BCUT2D eigenvalue weighted by Crippen LogP contribution is 2.28. The third-order valence-electron chi connectivity index (χ3n) is 3.02. The third kappa shape index (κ3) is 5.50. The van der Waals surface area contributed by atoms with Gasteiger partial charge in [-0.1, -0.05) is 13.8 Å². The number of ether oxygens (including phenoxy) is 2. The Morgan fingerprint density at radius 3 is 2.67 bits per heavy atom. The van der Waals surface area contributed by atoms with Gasteiger partial charge in [0, 0.05) is 32.9 Å². The number of rotatable bonds is 7. The predicted octanol–water partition coefficient (Wildman–Crippen LogP) is 1.82. The Kier molecular flexibility index (Phi) is 6.22. The Labute approximate surface area is 93.5 Å². The second-order valence-electron chi connectivity index (χ2n) is 4.71. The average Bonchev–Trinajstić information content (AvgIpc) is 2.24. The molecule has 0 amide bonds. The van der Waals surface area contributed by atoms with Crippen molar-refractivity contribution in [2.24, 2.45) is 5.41 Å². The molecule has 15 heavy (non-hydrogen) atoms. The predicted molar refractivity (Wildman–Crippen MR) is 62.1 cm³/mol. The van der Waals surface area contributed by atoms with Gasteiger partial charge in [-0.05, 0) is 24.7 Å². The maximum absolute atomic E-state index is 5.42. The van der Waals surface area contributed by atoms with Crippen molar-refractivity contribution in [3.63, 3.8) is 0 Å². The summed E-state index contributed by atoms with van der Waals surface area (Å²) in [5, 5.41) is 3.47. The van der Waals surface area contributed by atoms with Crippen LogP contribution in [0.5, 0.6) is 0 Å². The number of hydrogen-bond acceptors (Lipinski definition) is 3. The molecule has 0 saturated carbocycles. The molecular weight excluding hydrogens is 190 g/mol. The van der Waals surface area contributed by atoms with Gasteiger partial charge in [-0.2, -0.15) is 0 Å². The fourth-order valence-corrected chi connectivity index (χ4v) is 1.82. The Bertz CT molecular complexity index is 156. The van der Waals surface area contributed by atoms with Gasteiger partial charge in [0.05, 0.1) is 6.61 Å². The zero-order valence-electron chi connectivity index (χ0n) is 10.2. The number of nitrogens with one attached hydrogen (secondary N) is 1. The fourth-order valence-electron chi connectivity index (χ4n) is 1.82. The molecule has 90 valence electrons. The van der Waals surface area contributed by atoms with Gasteiger partial charge < -0.3 is 14.8 Å². The van der Waals surface area contributed by atoms with E-state index in [9.17, 15) is 0 Å². The molecule has 1 aliphatic rings. The minimum absolute atomic E-state index is 0.434. The molecule has 0 aromatic rings. The Morgan fingerprint density at radius 1 is 1.27 bits per heavy atom. The zero-order chi connectivity index (χ0) is 11.0. The molecule has 0 aromatic carbocycles. The van der Waals surface area contributed by atoms with E-state index >= 15 is 0 Å². The van der Waals surface area contributed by atoms with Gasteiger partial charge in [0.25, 0.3) is 0 Å². The normalized spacial score (nSPS) is 20.4. The lowest BCUT2D eigenvalue weighted by Crippen LogP contribution is -2.37. The summed E-state index contributed by atoms with van der Waals surface area (Å²) < 4.78 is 10.8. The van der Waals surface area contributed by atoms with Gasteiger partial charge in [-0.3, -0.25) is 0 Å². The summed E-state index contributed by atoms with van der Waals surface area (Å²) in [6.07, 6.45) is 3.46. The maximum atomic E-state index is 5.42. The fraction of sp³-hybridized carbons (Fsp3) is 1.00. The van der Waals surface area contributed by atoms with Gasteiger partial charge in [-0.15, -0.1) is 0 Å². The van der Waals surface area contributed by atoms with Gasteiger partial charge in [0.1, 0.15) is 0 Å². The van der Waals surface area contributed by atoms with Crippen molar-refractivity contribution in [2.45, 2.75) is 33.1 Å². The molecule has 0 atom stereocenters.